The van der Waals surface area contributed by atoms with Crippen LogP contribution in [0.5, 0.6) is 0 Å². The molecule has 0 amide bonds. The fraction of sp³-hybridized carbons (Fsp3) is 0.368. The van der Waals surface area contributed by atoms with Crippen LogP contribution in [0.2, 0.25) is 0 Å². The van der Waals surface area contributed by atoms with E-state index in [0.717, 1.165) is 13.0 Å². The third-order valence-electron chi connectivity index (χ3n) is 3.85. The molecule has 1 N–H and O–H groups in total. The molecule has 0 saturated carbocycles. The molecule has 0 aliphatic rings. The van der Waals surface area contributed by atoms with Gasteiger partial charge in [-0.1, -0.05) is 67.6 Å². The van der Waals surface area contributed by atoms with Crippen LogP contribution in [0, 0.1) is 0 Å². The first-order valence-electron chi connectivity index (χ1n) is 7.58. The molecule has 106 valence electrons. The fourth-order valence-corrected chi connectivity index (χ4v) is 2.41. The van der Waals surface area contributed by atoms with Crippen LogP contribution in [0.3, 0.4) is 0 Å². The van der Waals surface area contributed by atoms with Gasteiger partial charge in [0.15, 0.2) is 0 Å². The molecule has 0 aliphatic heterocycles. The average Bonchev–Trinajstić information content (AvgIpc) is 2.52. The molecule has 1 nitrogen and oxygen atoms in total. The maximum absolute atomic E-state index is 3.65. The van der Waals surface area contributed by atoms with Crippen molar-refractivity contribution in [3.63, 3.8) is 0 Å². The van der Waals surface area contributed by atoms with E-state index in [1.165, 1.54) is 17.5 Å². The van der Waals surface area contributed by atoms with Crippen molar-refractivity contribution in [2.45, 2.75) is 38.6 Å². The van der Waals surface area contributed by atoms with Gasteiger partial charge in [-0.2, -0.15) is 0 Å². The van der Waals surface area contributed by atoms with Gasteiger partial charge in [-0.15, -0.1) is 0 Å². The van der Waals surface area contributed by atoms with Crippen molar-refractivity contribution in [2.75, 3.05) is 6.54 Å². The molecular weight excluding hydrogens is 242 g/mol. The summed E-state index contributed by atoms with van der Waals surface area (Å²) in [6, 6.07) is 22.0. The lowest BCUT2D eigenvalue weighted by Crippen LogP contribution is -2.30. The van der Waals surface area contributed by atoms with Gasteiger partial charge in [0.25, 0.3) is 0 Å². The van der Waals surface area contributed by atoms with Crippen LogP contribution in [0.1, 0.15) is 37.3 Å². The number of hydrogen-bond donors (Lipinski definition) is 1. The van der Waals surface area contributed by atoms with Crippen LogP contribution in [0.15, 0.2) is 60.7 Å². The van der Waals surface area contributed by atoms with E-state index >= 15 is 0 Å². The van der Waals surface area contributed by atoms with Crippen LogP contribution in [0.4, 0.5) is 0 Å². The molecule has 0 bridgehead atoms. The lowest BCUT2D eigenvalue weighted by molar-refractivity contribution is 0.492. The zero-order valence-corrected chi connectivity index (χ0v) is 12.5. The van der Waals surface area contributed by atoms with E-state index in [4.69, 9.17) is 0 Å². The molecule has 0 aromatic heterocycles. The minimum absolute atomic E-state index is 0.557. The minimum Gasteiger partial charge on any atom is -0.314 e. The second-order valence-electron chi connectivity index (χ2n) is 5.65. The average molecular weight is 267 g/mol. The maximum atomic E-state index is 3.65. The lowest BCUT2D eigenvalue weighted by Gasteiger charge is -2.18. The Balaban J connectivity index is 1.71. The summed E-state index contributed by atoms with van der Waals surface area (Å²) >= 11 is 0. The first kappa shape index (κ1) is 14.8. The van der Waals surface area contributed by atoms with Crippen LogP contribution in [-0.4, -0.2) is 12.6 Å². The second-order valence-corrected chi connectivity index (χ2v) is 5.65. The number of hydrogen-bond acceptors (Lipinski definition) is 1. The molecule has 2 atom stereocenters. The van der Waals surface area contributed by atoms with Gasteiger partial charge in [0.05, 0.1) is 0 Å². The van der Waals surface area contributed by atoms with E-state index in [0.29, 0.717) is 12.0 Å². The fourth-order valence-electron chi connectivity index (χ4n) is 2.41. The Bertz CT molecular complexity index is 478. The van der Waals surface area contributed by atoms with Crippen molar-refractivity contribution in [1.29, 1.82) is 0 Å². The Morgan fingerprint density at radius 1 is 0.850 bits per heavy atom. The van der Waals surface area contributed by atoms with Crippen LogP contribution in [-0.2, 0) is 6.42 Å². The molecule has 0 aliphatic carbocycles. The molecule has 0 saturated heterocycles. The number of aryl methyl sites for hydroxylation is 1. The highest BCUT2D eigenvalue weighted by atomic mass is 14.9. The highest BCUT2D eigenvalue weighted by Gasteiger charge is 2.07. The smallest absolute Gasteiger partial charge is 0.00421 e. The normalized spacial score (nSPS) is 13.9. The van der Waals surface area contributed by atoms with Crippen LogP contribution < -0.4 is 5.32 Å². The van der Waals surface area contributed by atoms with Crippen molar-refractivity contribution in [3.8, 4) is 0 Å². The second kappa shape index (κ2) is 7.86. The summed E-state index contributed by atoms with van der Waals surface area (Å²) < 4.78 is 0. The van der Waals surface area contributed by atoms with Crippen LogP contribution >= 0.6 is 0 Å². The molecule has 20 heavy (non-hydrogen) atoms. The SMILES string of the molecule is C[C@H](CCc1ccccc1)NC[C@H](C)c1ccccc1. The van der Waals surface area contributed by atoms with E-state index in [1.54, 1.807) is 0 Å². The van der Waals surface area contributed by atoms with Gasteiger partial charge in [-0.05, 0) is 36.8 Å². The monoisotopic (exact) mass is 267 g/mol. The molecule has 1 heteroatoms. The summed E-state index contributed by atoms with van der Waals surface area (Å²) in [7, 11) is 0. The molecule has 0 heterocycles. The van der Waals surface area contributed by atoms with Crippen molar-refractivity contribution in [3.05, 3.63) is 71.8 Å². The first-order valence-corrected chi connectivity index (χ1v) is 7.58. The number of benzene rings is 2. The predicted octanol–water partition coefficient (Wildman–Crippen LogP) is 4.40. The quantitative estimate of drug-likeness (QED) is 0.784. The molecular formula is C19H25N. The summed E-state index contributed by atoms with van der Waals surface area (Å²) in [5.41, 5.74) is 2.84. The molecule has 0 unspecified atom stereocenters. The highest BCUT2D eigenvalue weighted by molar-refractivity contribution is 5.19. The summed E-state index contributed by atoms with van der Waals surface area (Å²) in [4.78, 5) is 0. The zero-order chi connectivity index (χ0) is 14.2. The largest absolute Gasteiger partial charge is 0.314 e. The topological polar surface area (TPSA) is 12.0 Å². The Morgan fingerprint density at radius 3 is 2.10 bits per heavy atom. The minimum atomic E-state index is 0.557. The Hall–Kier alpha value is -1.60. The third-order valence-corrected chi connectivity index (χ3v) is 3.85. The Kier molecular flexibility index (Phi) is 5.82. The summed E-state index contributed by atoms with van der Waals surface area (Å²) in [6.07, 6.45) is 2.33. The molecule has 0 fully saturated rings. The molecule has 0 spiro atoms. The molecule has 2 rings (SSSR count). The molecule has 2 aromatic rings. The molecule has 2 aromatic carbocycles. The van der Waals surface area contributed by atoms with Gasteiger partial charge in [0.1, 0.15) is 0 Å². The zero-order valence-electron chi connectivity index (χ0n) is 12.5. The van der Waals surface area contributed by atoms with Gasteiger partial charge in [-0.3, -0.25) is 0 Å². The lowest BCUT2D eigenvalue weighted by atomic mass is 10.0. The van der Waals surface area contributed by atoms with Crippen molar-refractivity contribution < 1.29 is 0 Å². The van der Waals surface area contributed by atoms with E-state index in [2.05, 4.69) is 79.8 Å². The summed E-state index contributed by atoms with van der Waals surface area (Å²) in [5.74, 6) is 0.565. The van der Waals surface area contributed by atoms with Gasteiger partial charge in [0.2, 0.25) is 0 Å². The number of rotatable bonds is 7. The van der Waals surface area contributed by atoms with E-state index in [-0.39, 0.29) is 0 Å². The first-order chi connectivity index (χ1) is 9.75. The predicted molar refractivity (Wildman–Crippen MR) is 87.1 cm³/mol. The highest BCUT2D eigenvalue weighted by Crippen LogP contribution is 2.13. The van der Waals surface area contributed by atoms with E-state index in [9.17, 15) is 0 Å². The summed E-state index contributed by atoms with van der Waals surface area (Å²) in [6.45, 7) is 5.60. The van der Waals surface area contributed by atoms with Gasteiger partial charge in [0, 0.05) is 12.6 Å². The van der Waals surface area contributed by atoms with Gasteiger partial charge < -0.3 is 5.32 Å². The van der Waals surface area contributed by atoms with E-state index < -0.39 is 0 Å². The summed E-state index contributed by atoms with van der Waals surface area (Å²) in [5, 5.41) is 3.65. The standard InChI is InChI=1S/C19H25N/c1-16(19-11-7-4-8-12-19)15-20-17(2)13-14-18-9-5-3-6-10-18/h3-12,16-17,20H,13-15H2,1-2H3/t16-,17+/m0/s1. The van der Waals surface area contributed by atoms with E-state index in [1.807, 2.05) is 0 Å². The third kappa shape index (κ3) is 4.82. The van der Waals surface area contributed by atoms with Crippen LogP contribution in [0.25, 0.3) is 0 Å². The molecule has 0 radical (unpaired) electrons. The van der Waals surface area contributed by atoms with Crippen molar-refractivity contribution in [1.82, 2.24) is 5.32 Å². The van der Waals surface area contributed by atoms with Gasteiger partial charge >= 0.3 is 0 Å². The van der Waals surface area contributed by atoms with Crippen molar-refractivity contribution in [2.24, 2.45) is 0 Å². The number of nitrogens with one attached hydrogen (secondary N) is 1. The van der Waals surface area contributed by atoms with Gasteiger partial charge in [-0.25, -0.2) is 0 Å². The Labute approximate surface area is 123 Å². The Morgan fingerprint density at radius 2 is 1.45 bits per heavy atom. The van der Waals surface area contributed by atoms with Crippen molar-refractivity contribution >= 4 is 0 Å². The maximum Gasteiger partial charge on any atom is 0.00421 e.